The molecule has 8 nitrogen and oxygen atoms in total. The smallest absolute Gasteiger partial charge is 0.264 e. The zero-order valence-corrected chi connectivity index (χ0v) is 25.8. The van der Waals surface area contributed by atoms with E-state index >= 15 is 0 Å². The van der Waals surface area contributed by atoms with E-state index in [4.69, 9.17) is 34.8 Å². The number of halogens is 3. The molecule has 0 bridgehead atoms. The van der Waals surface area contributed by atoms with Crippen LogP contribution in [0.15, 0.2) is 101 Å². The second kappa shape index (κ2) is 12.2. The average molecular weight is 665 g/mol. The molecule has 0 spiro atoms. The van der Waals surface area contributed by atoms with Crippen molar-refractivity contribution >= 4 is 72.1 Å². The second-order valence-corrected chi connectivity index (χ2v) is 14.6. The lowest BCUT2D eigenvalue weighted by Crippen LogP contribution is -2.37. The summed E-state index contributed by atoms with van der Waals surface area (Å²) in [4.78, 5) is 13.1. The Morgan fingerprint density at radius 3 is 2.24 bits per heavy atom. The van der Waals surface area contributed by atoms with E-state index in [1.807, 2.05) is 0 Å². The summed E-state index contributed by atoms with van der Waals surface area (Å²) in [6, 6.07) is 23.8. The molecule has 0 fully saturated rings. The summed E-state index contributed by atoms with van der Waals surface area (Å²) >= 11 is 18.2. The minimum atomic E-state index is -4.25. The monoisotopic (exact) mass is 663 g/mol. The number of carbonyl (C=O) groups is 1. The largest absolute Gasteiger partial charge is 0.325 e. The first-order valence-corrected chi connectivity index (χ1v) is 16.7. The Morgan fingerprint density at radius 1 is 0.833 bits per heavy atom. The van der Waals surface area contributed by atoms with Gasteiger partial charge in [0.1, 0.15) is 4.90 Å². The molecule has 5 rings (SSSR count). The van der Waals surface area contributed by atoms with Crippen molar-refractivity contribution in [3.8, 4) is 0 Å². The van der Waals surface area contributed by atoms with Crippen molar-refractivity contribution in [2.75, 3.05) is 22.7 Å². The molecule has 218 valence electrons. The van der Waals surface area contributed by atoms with Crippen molar-refractivity contribution in [2.45, 2.75) is 22.8 Å². The summed E-state index contributed by atoms with van der Waals surface area (Å²) in [5.74, 6) is -0.627. The molecule has 0 saturated carbocycles. The lowest BCUT2D eigenvalue weighted by Gasteiger charge is -2.23. The van der Waals surface area contributed by atoms with E-state index in [9.17, 15) is 21.6 Å². The summed E-state index contributed by atoms with van der Waals surface area (Å²) in [5.41, 5.74) is 2.21. The fourth-order valence-corrected chi connectivity index (χ4v) is 8.34. The molecule has 1 heterocycles. The summed E-state index contributed by atoms with van der Waals surface area (Å²) in [6.45, 7) is -0.401. The first kappa shape index (κ1) is 30.3. The highest BCUT2D eigenvalue weighted by molar-refractivity contribution is 7.92. The number of rotatable bonds is 9. The molecular weight excluding hydrogens is 641 g/mol. The number of hydrogen-bond acceptors (Lipinski definition) is 5. The molecule has 0 saturated heterocycles. The van der Waals surface area contributed by atoms with Crippen LogP contribution in [0.2, 0.25) is 15.1 Å². The maximum absolute atomic E-state index is 13.7. The lowest BCUT2D eigenvalue weighted by atomic mass is 10.1. The molecule has 1 aliphatic rings. The highest BCUT2D eigenvalue weighted by Crippen LogP contribution is 2.35. The van der Waals surface area contributed by atoms with Crippen LogP contribution in [0.25, 0.3) is 0 Å². The number of fused-ring (bicyclic) bond motifs is 1. The van der Waals surface area contributed by atoms with Crippen LogP contribution in [0.1, 0.15) is 11.1 Å². The topological polar surface area (TPSA) is 104 Å². The Hall–Kier alpha value is -3.12. The van der Waals surface area contributed by atoms with E-state index < -0.39 is 32.5 Å². The van der Waals surface area contributed by atoms with E-state index in [2.05, 4.69) is 5.32 Å². The molecular formula is C29H24Cl3N3O5S2. The third-order valence-electron chi connectivity index (χ3n) is 6.66. The van der Waals surface area contributed by atoms with Gasteiger partial charge in [-0.3, -0.25) is 9.10 Å². The van der Waals surface area contributed by atoms with Crippen molar-refractivity contribution in [1.82, 2.24) is 4.31 Å². The normalized spacial score (nSPS) is 13.3. The predicted molar refractivity (Wildman–Crippen MR) is 165 cm³/mol. The number of hydrogen-bond donors (Lipinski definition) is 1. The molecule has 1 amide bonds. The number of nitrogens with zero attached hydrogens (tertiary/aromatic N) is 2. The van der Waals surface area contributed by atoms with Gasteiger partial charge in [-0.2, -0.15) is 4.31 Å². The SMILES string of the molecule is O=C(CN(Cc1ccccc1)S(=O)(=O)c1cc(Cl)ccc1Cl)Nc1ccc2c(c1)N(S(=O)(=O)c1ccc(Cl)cc1)CC2. The number of nitrogens with one attached hydrogen (secondary N) is 1. The van der Waals surface area contributed by atoms with Crippen LogP contribution in [0, 0.1) is 0 Å². The van der Waals surface area contributed by atoms with Gasteiger partial charge >= 0.3 is 0 Å². The van der Waals surface area contributed by atoms with E-state index in [0.717, 1.165) is 9.87 Å². The first-order valence-electron chi connectivity index (χ1n) is 12.7. The maximum atomic E-state index is 13.7. The second-order valence-electron chi connectivity index (χ2n) is 9.51. The third kappa shape index (κ3) is 6.44. The summed E-state index contributed by atoms with van der Waals surface area (Å²) < 4.78 is 56.4. The molecule has 0 atom stereocenters. The fraction of sp³-hybridized carbons (Fsp3) is 0.138. The Morgan fingerprint density at radius 2 is 1.52 bits per heavy atom. The summed E-state index contributed by atoms with van der Waals surface area (Å²) in [5, 5.41) is 3.28. The number of sulfonamides is 2. The lowest BCUT2D eigenvalue weighted by molar-refractivity contribution is -0.116. The van der Waals surface area contributed by atoms with Crippen LogP contribution >= 0.6 is 34.8 Å². The average Bonchev–Trinajstić information content (AvgIpc) is 3.39. The molecule has 4 aromatic carbocycles. The minimum Gasteiger partial charge on any atom is -0.325 e. The van der Waals surface area contributed by atoms with E-state index in [1.165, 1.54) is 46.8 Å². The molecule has 0 unspecified atom stereocenters. The summed E-state index contributed by atoms with van der Waals surface area (Å²) in [6.07, 6.45) is 0.500. The highest BCUT2D eigenvalue weighted by atomic mass is 35.5. The number of anilines is 2. The van der Waals surface area contributed by atoms with Crippen LogP contribution in [0.3, 0.4) is 0 Å². The molecule has 4 aromatic rings. The Kier molecular flexibility index (Phi) is 8.84. The van der Waals surface area contributed by atoms with Gasteiger partial charge < -0.3 is 5.32 Å². The number of amides is 1. The van der Waals surface area contributed by atoms with Gasteiger partial charge in [0.25, 0.3) is 10.0 Å². The standard InChI is InChI=1S/C29H24Cl3N3O5S2/c30-22-7-11-25(12-8-22)41(37,38)35-15-14-21-6-10-24(17-27(21)35)33-29(36)19-34(18-20-4-2-1-3-5-20)42(39,40)28-16-23(31)9-13-26(28)32/h1-13,16-17H,14-15,18-19H2,(H,33,36). The zero-order valence-electron chi connectivity index (χ0n) is 21.9. The van der Waals surface area contributed by atoms with Crippen molar-refractivity contribution in [3.05, 3.63) is 117 Å². The van der Waals surface area contributed by atoms with Gasteiger partial charge in [0.05, 0.1) is 22.2 Å². The first-order chi connectivity index (χ1) is 19.9. The summed E-state index contributed by atoms with van der Waals surface area (Å²) in [7, 11) is -8.13. The zero-order chi connectivity index (χ0) is 30.1. The van der Waals surface area contributed by atoms with Gasteiger partial charge in [-0.25, -0.2) is 16.8 Å². The minimum absolute atomic E-state index is 0.0292. The van der Waals surface area contributed by atoms with E-state index in [-0.39, 0.29) is 32.9 Å². The Labute approximate surface area is 259 Å². The van der Waals surface area contributed by atoms with Crippen molar-refractivity contribution in [2.24, 2.45) is 0 Å². The van der Waals surface area contributed by atoms with Gasteiger partial charge in [-0.1, -0.05) is 71.2 Å². The van der Waals surface area contributed by atoms with Crippen LogP contribution in [0.5, 0.6) is 0 Å². The molecule has 13 heteroatoms. The molecule has 42 heavy (non-hydrogen) atoms. The van der Waals surface area contributed by atoms with Crippen LogP contribution < -0.4 is 9.62 Å². The van der Waals surface area contributed by atoms with Crippen molar-refractivity contribution in [1.29, 1.82) is 0 Å². The molecule has 0 aromatic heterocycles. The van der Waals surface area contributed by atoms with Gasteiger partial charge in [0, 0.05) is 28.8 Å². The Balaban J connectivity index is 1.40. The van der Waals surface area contributed by atoms with Crippen LogP contribution in [-0.4, -0.2) is 40.1 Å². The number of carbonyl (C=O) groups excluding carboxylic acids is 1. The molecule has 1 aliphatic heterocycles. The van der Waals surface area contributed by atoms with Gasteiger partial charge in [-0.05, 0) is 72.1 Å². The quantitative estimate of drug-likeness (QED) is 0.229. The van der Waals surface area contributed by atoms with Crippen molar-refractivity contribution in [3.63, 3.8) is 0 Å². The maximum Gasteiger partial charge on any atom is 0.264 e. The molecule has 0 aliphatic carbocycles. The van der Waals surface area contributed by atoms with Gasteiger partial charge in [-0.15, -0.1) is 0 Å². The van der Waals surface area contributed by atoms with E-state index in [1.54, 1.807) is 48.5 Å². The van der Waals surface area contributed by atoms with Crippen LogP contribution in [0.4, 0.5) is 11.4 Å². The number of benzene rings is 4. The highest BCUT2D eigenvalue weighted by Gasteiger charge is 2.32. The van der Waals surface area contributed by atoms with Gasteiger partial charge in [0.15, 0.2) is 0 Å². The molecule has 0 radical (unpaired) electrons. The Bertz CT molecular complexity index is 1850. The van der Waals surface area contributed by atoms with Crippen LogP contribution in [-0.2, 0) is 37.8 Å². The van der Waals surface area contributed by atoms with Crippen molar-refractivity contribution < 1.29 is 21.6 Å². The fourth-order valence-electron chi connectivity index (χ4n) is 4.60. The van der Waals surface area contributed by atoms with E-state index in [0.29, 0.717) is 28.4 Å². The predicted octanol–water partition coefficient (Wildman–Crippen LogP) is 6.23. The molecule has 1 N–H and O–H groups in total. The van der Waals surface area contributed by atoms with Gasteiger partial charge in [0.2, 0.25) is 15.9 Å². The third-order valence-corrected chi connectivity index (χ3v) is 11.2.